The lowest BCUT2D eigenvalue weighted by atomic mass is 10.1. The second-order valence-corrected chi connectivity index (χ2v) is 6.51. The second kappa shape index (κ2) is 12.1. The number of nitrogens with one attached hydrogen (secondary N) is 1. The van der Waals surface area contributed by atoms with Crippen molar-refractivity contribution in [1.82, 2.24) is 5.32 Å². The largest absolute Gasteiger partial charge is 0.493 e. The second-order valence-electron chi connectivity index (χ2n) is 6.51. The summed E-state index contributed by atoms with van der Waals surface area (Å²) < 4.78 is 10.5. The zero-order valence-corrected chi connectivity index (χ0v) is 16.3. The number of benzene rings is 1. The molecule has 26 heavy (non-hydrogen) atoms. The van der Waals surface area contributed by atoms with Crippen LogP contribution in [0.4, 0.5) is 0 Å². The third kappa shape index (κ3) is 8.70. The molecular weight excluding hydrogens is 330 g/mol. The number of amides is 1. The first-order chi connectivity index (χ1) is 12.5. The molecule has 0 unspecified atom stereocenters. The Morgan fingerprint density at radius 3 is 2.62 bits per heavy atom. The average Bonchev–Trinajstić information content (AvgIpc) is 2.63. The molecule has 0 atom stereocenters. The van der Waals surface area contributed by atoms with Crippen LogP contribution >= 0.6 is 0 Å². The van der Waals surface area contributed by atoms with Crippen LogP contribution in [-0.2, 0) is 16.1 Å². The molecule has 0 aliphatic carbocycles. The average molecular weight is 361 g/mol. The van der Waals surface area contributed by atoms with Gasteiger partial charge in [0, 0.05) is 19.4 Å². The number of carbonyl (C=O) groups excluding carboxylic acids is 2. The fourth-order valence-electron chi connectivity index (χ4n) is 2.31. The molecule has 0 aliphatic heterocycles. The van der Waals surface area contributed by atoms with Crippen molar-refractivity contribution in [3.63, 3.8) is 0 Å². The minimum atomic E-state index is -0.312. The smallest absolute Gasteiger partial charge is 0.311 e. The van der Waals surface area contributed by atoms with Gasteiger partial charge in [-0.3, -0.25) is 9.59 Å². The molecule has 0 saturated heterocycles. The molecule has 1 N–H and O–H groups in total. The molecule has 0 aliphatic rings. The summed E-state index contributed by atoms with van der Waals surface area (Å²) in [4.78, 5) is 23.3. The lowest BCUT2D eigenvalue weighted by Crippen LogP contribution is -2.22. The van der Waals surface area contributed by atoms with Crippen LogP contribution in [0.2, 0.25) is 0 Å². The van der Waals surface area contributed by atoms with Gasteiger partial charge < -0.3 is 14.8 Å². The Balaban J connectivity index is 2.39. The van der Waals surface area contributed by atoms with Crippen LogP contribution in [0.1, 0.15) is 58.4 Å². The minimum Gasteiger partial charge on any atom is -0.493 e. The molecule has 1 amide bonds. The van der Waals surface area contributed by atoms with Gasteiger partial charge in [-0.1, -0.05) is 39.0 Å². The van der Waals surface area contributed by atoms with Gasteiger partial charge in [-0.2, -0.15) is 0 Å². The predicted octanol–water partition coefficient (Wildman–Crippen LogP) is 4.40. The highest BCUT2D eigenvalue weighted by atomic mass is 16.6. The van der Waals surface area contributed by atoms with Crippen LogP contribution in [0.15, 0.2) is 30.4 Å². The van der Waals surface area contributed by atoms with Crippen molar-refractivity contribution < 1.29 is 19.1 Å². The van der Waals surface area contributed by atoms with Crippen molar-refractivity contribution in [2.24, 2.45) is 5.92 Å². The highest BCUT2D eigenvalue weighted by Gasteiger charge is 2.10. The van der Waals surface area contributed by atoms with E-state index < -0.39 is 0 Å². The Labute approximate surface area is 156 Å². The normalized spacial score (nSPS) is 11.0. The molecule has 144 valence electrons. The van der Waals surface area contributed by atoms with Crippen molar-refractivity contribution in [3.8, 4) is 11.5 Å². The number of hydrogen-bond donors (Lipinski definition) is 1. The van der Waals surface area contributed by atoms with E-state index in [1.54, 1.807) is 19.1 Å². The van der Waals surface area contributed by atoms with Gasteiger partial charge in [-0.05, 0) is 42.9 Å². The Bertz CT molecular complexity index is 608. The summed E-state index contributed by atoms with van der Waals surface area (Å²) in [6.07, 6.45) is 8.11. The molecule has 0 saturated carbocycles. The van der Waals surface area contributed by atoms with Crippen LogP contribution in [0.3, 0.4) is 0 Å². The highest BCUT2D eigenvalue weighted by Crippen LogP contribution is 2.28. The molecule has 1 aromatic rings. The SMILES string of the molecule is CCC(=O)Oc1ccc(CNC(=O)CCCCC=CC(C)C)cc1OC. The lowest BCUT2D eigenvalue weighted by molar-refractivity contribution is -0.134. The quantitative estimate of drug-likeness (QED) is 0.275. The summed E-state index contributed by atoms with van der Waals surface area (Å²) >= 11 is 0. The van der Waals surface area contributed by atoms with Gasteiger partial charge in [0.25, 0.3) is 0 Å². The summed E-state index contributed by atoms with van der Waals surface area (Å²) in [6.45, 7) is 6.46. The summed E-state index contributed by atoms with van der Waals surface area (Å²) in [7, 11) is 1.52. The van der Waals surface area contributed by atoms with Gasteiger partial charge in [-0.15, -0.1) is 0 Å². The zero-order valence-electron chi connectivity index (χ0n) is 16.3. The molecule has 1 rings (SSSR count). The molecule has 0 spiro atoms. The van der Waals surface area contributed by atoms with Crippen molar-refractivity contribution in [3.05, 3.63) is 35.9 Å². The highest BCUT2D eigenvalue weighted by molar-refractivity contribution is 5.76. The van der Waals surface area contributed by atoms with Crippen molar-refractivity contribution in [2.45, 2.75) is 59.4 Å². The third-order valence-corrected chi connectivity index (χ3v) is 3.78. The number of hydrogen-bond acceptors (Lipinski definition) is 4. The van der Waals surface area contributed by atoms with E-state index >= 15 is 0 Å². The van der Waals surface area contributed by atoms with Crippen molar-refractivity contribution in [1.29, 1.82) is 0 Å². The third-order valence-electron chi connectivity index (χ3n) is 3.78. The van der Waals surface area contributed by atoms with E-state index in [9.17, 15) is 9.59 Å². The van der Waals surface area contributed by atoms with E-state index in [4.69, 9.17) is 9.47 Å². The topological polar surface area (TPSA) is 64.6 Å². The fourth-order valence-corrected chi connectivity index (χ4v) is 2.31. The number of rotatable bonds is 11. The van der Waals surface area contributed by atoms with E-state index in [1.807, 2.05) is 6.07 Å². The van der Waals surface area contributed by atoms with Crippen LogP contribution in [0, 0.1) is 5.92 Å². The first-order valence-electron chi connectivity index (χ1n) is 9.27. The van der Waals surface area contributed by atoms with E-state index in [-0.39, 0.29) is 11.9 Å². The number of allylic oxidation sites excluding steroid dienone is 2. The van der Waals surface area contributed by atoms with Gasteiger partial charge in [0.05, 0.1) is 7.11 Å². The summed E-state index contributed by atoms with van der Waals surface area (Å²) in [5.74, 6) is 1.18. The number of carbonyl (C=O) groups is 2. The number of unbranched alkanes of at least 4 members (excludes halogenated alkanes) is 2. The van der Waals surface area contributed by atoms with Gasteiger partial charge >= 0.3 is 5.97 Å². The summed E-state index contributed by atoms with van der Waals surface area (Å²) in [5.41, 5.74) is 0.895. The molecule has 0 aromatic heterocycles. The van der Waals surface area contributed by atoms with E-state index in [2.05, 4.69) is 31.3 Å². The van der Waals surface area contributed by atoms with Crippen LogP contribution in [0.25, 0.3) is 0 Å². The Morgan fingerprint density at radius 2 is 1.96 bits per heavy atom. The first kappa shape index (κ1) is 21.7. The summed E-state index contributed by atoms with van der Waals surface area (Å²) in [5, 5.41) is 2.91. The van der Waals surface area contributed by atoms with Crippen LogP contribution in [0.5, 0.6) is 11.5 Å². The van der Waals surface area contributed by atoms with E-state index in [0.29, 0.717) is 36.8 Å². The molecule has 1 aromatic carbocycles. The molecule has 5 heteroatoms. The first-order valence-corrected chi connectivity index (χ1v) is 9.27. The fraction of sp³-hybridized carbons (Fsp3) is 0.524. The molecule has 5 nitrogen and oxygen atoms in total. The predicted molar refractivity (Wildman–Crippen MR) is 103 cm³/mol. The standard InChI is InChI=1S/C21H31NO4/c1-5-21(24)26-18-13-12-17(14-19(18)25-4)15-22-20(23)11-9-7-6-8-10-16(2)3/h8,10,12-14,16H,5-7,9,11,15H2,1-4H3,(H,22,23). The number of ether oxygens (including phenoxy) is 2. The molecule has 0 bridgehead atoms. The van der Waals surface area contributed by atoms with E-state index in [1.165, 1.54) is 7.11 Å². The van der Waals surface area contributed by atoms with Crippen LogP contribution < -0.4 is 14.8 Å². The maximum atomic E-state index is 11.9. The van der Waals surface area contributed by atoms with Gasteiger partial charge in [0.2, 0.25) is 5.91 Å². The molecule has 0 fully saturated rings. The van der Waals surface area contributed by atoms with Crippen LogP contribution in [-0.4, -0.2) is 19.0 Å². The molecular formula is C21H31NO4. The van der Waals surface area contributed by atoms with E-state index in [0.717, 1.165) is 24.8 Å². The zero-order chi connectivity index (χ0) is 19.4. The Kier molecular flexibility index (Phi) is 10.1. The van der Waals surface area contributed by atoms with Gasteiger partial charge in [0.15, 0.2) is 11.5 Å². The molecule has 0 heterocycles. The monoisotopic (exact) mass is 361 g/mol. The maximum Gasteiger partial charge on any atom is 0.311 e. The summed E-state index contributed by atoms with van der Waals surface area (Å²) in [6, 6.07) is 5.28. The van der Waals surface area contributed by atoms with Gasteiger partial charge in [0.1, 0.15) is 0 Å². The Hall–Kier alpha value is -2.30. The number of esters is 1. The minimum absolute atomic E-state index is 0.0401. The van der Waals surface area contributed by atoms with Crippen molar-refractivity contribution >= 4 is 11.9 Å². The van der Waals surface area contributed by atoms with Crippen molar-refractivity contribution in [2.75, 3.05) is 7.11 Å². The molecule has 0 radical (unpaired) electrons. The van der Waals surface area contributed by atoms with Gasteiger partial charge in [-0.25, -0.2) is 0 Å². The lowest BCUT2D eigenvalue weighted by Gasteiger charge is -2.11. The number of methoxy groups -OCH3 is 1. The maximum absolute atomic E-state index is 11.9. The Morgan fingerprint density at radius 1 is 1.19 bits per heavy atom.